The molecule has 0 aromatic heterocycles. The van der Waals surface area contributed by atoms with Crippen molar-refractivity contribution >= 4 is 43.8 Å². The van der Waals surface area contributed by atoms with Gasteiger partial charge in [0.05, 0.1) is 0 Å². The molecule has 6 aromatic carbocycles. The molecular formula is C66H84Cl2SiZr. The fourth-order valence-electron chi connectivity index (χ4n) is 12.1. The van der Waals surface area contributed by atoms with Crippen LogP contribution in [-0.2, 0) is 39.1 Å². The fourth-order valence-corrected chi connectivity index (χ4v) is 31.7. The summed E-state index contributed by atoms with van der Waals surface area (Å²) in [6.45, 7) is 35.2. The molecular weight excluding hydrogens is 983 g/mol. The average molecular weight is 1070 g/mol. The average Bonchev–Trinajstić information content (AvgIpc) is 3.86. The van der Waals surface area contributed by atoms with Gasteiger partial charge >= 0.3 is 419 Å². The number of allylic oxidation sites excluding steroid dienone is 2. The van der Waals surface area contributed by atoms with Crippen LogP contribution < -0.4 is 0 Å². The van der Waals surface area contributed by atoms with Gasteiger partial charge in [-0.2, -0.15) is 0 Å². The number of hydrogen-bond acceptors (Lipinski definition) is 0. The van der Waals surface area contributed by atoms with Gasteiger partial charge in [0.1, 0.15) is 0 Å². The Bertz CT molecular complexity index is 2780. The van der Waals surface area contributed by atoms with Crippen molar-refractivity contribution < 1.29 is 17.4 Å². The summed E-state index contributed by atoms with van der Waals surface area (Å²) in [7, 11) is 0. The SMILES string of the molecule is CCCC1=Cc2c(-c3ccc(C(C)(C)C)cc3)ccc(-c3ccc(C(C)(C)C)cc3)c2[CH]1[Zr]([CH3])([CH3])(=[SiH2])[CH]1C(CCC)=Cc2c(-c3ccc(C(C)(C)C)cc3)ccc(-c3ccc(C(C)(C)C)cc3)c21.Cl.Cl. The summed E-state index contributed by atoms with van der Waals surface area (Å²) >= 11 is -4.25. The molecule has 2 aliphatic rings. The molecule has 2 unspecified atom stereocenters. The third-order valence-electron chi connectivity index (χ3n) is 15.8. The van der Waals surface area contributed by atoms with E-state index < -0.39 is 17.4 Å². The number of halogens is 2. The second kappa shape index (κ2) is 20.1. The Morgan fingerprint density at radius 1 is 0.371 bits per heavy atom. The Balaban J connectivity index is 0.00000402. The summed E-state index contributed by atoms with van der Waals surface area (Å²) in [5, 5.41) is 0. The molecule has 0 spiro atoms. The Hall–Kier alpha value is -3.52. The van der Waals surface area contributed by atoms with Crippen LogP contribution in [0.4, 0.5) is 0 Å². The van der Waals surface area contributed by atoms with E-state index in [-0.39, 0.29) is 46.5 Å². The van der Waals surface area contributed by atoms with Gasteiger partial charge in [-0.05, 0) is 0 Å². The molecule has 0 nitrogen and oxygen atoms in total. The third-order valence-corrected chi connectivity index (χ3v) is 33.2. The summed E-state index contributed by atoms with van der Waals surface area (Å²) in [5.41, 5.74) is 26.2. The molecule has 0 radical (unpaired) electrons. The number of hydrogen-bond donors (Lipinski definition) is 0. The van der Waals surface area contributed by atoms with Gasteiger partial charge in [-0.25, -0.2) is 0 Å². The first-order valence-electron chi connectivity index (χ1n) is 26.0. The van der Waals surface area contributed by atoms with E-state index in [4.69, 9.17) is 0 Å². The van der Waals surface area contributed by atoms with Crippen molar-refractivity contribution in [3.63, 3.8) is 0 Å². The third kappa shape index (κ3) is 10.6. The van der Waals surface area contributed by atoms with Crippen molar-refractivity contribution in [2.24, 2.45) is 0 Å². The zero-order chi connectivity index (χ0) is 49.4. The van der Waals surface area contributed by atoms with Gasteiger partial charge < -0.3 is 0 Å². The van der Waals surface area contributed by atoms with Gasteiger partial charge in [-0.3, -0.25) is 0 Å². The van der Waals surface area contributed by atoms with Crippen LogP contribution in [0.5, 0.6) is 0 Å². The molecule has 2 atom stereocenters. The van der Waals surface area contributed by atoms with Crippen molar-refractivity contribution in [1.29, 1.82) is 0 Å². The molecule has 370 valence electrons. The molecule has 0 heterocycles. The Morgan fingerprint density at radius 3 is 0.829 bits per heavy atom. The number of fused-ring (bicyclic) bond motifs is 2. The van der Waals surface area contributed by atoms with E-state index in [2.05, 4.69) is 247 Å². The summed E-state index contributed by atoms with van der Waals surface area (Å²) in [4.78, 5) is 0. The van der Waals surface area contributed by atoms with Crippen LogP contribution in [0, 0.1) is 0 Å². The van der Waals surface area contributed by atoms with Crippen molar-refractivity contribution in [1.82, 2.24) is 0 Å². The van der Waals surface area contributed by atoms with Crippen molar-refractivity contribution in [2.75, 3.05) is 0 Å². The monoisotopic (exact) mass is 1060 g/mol. The minimum absolute atomic E-state index is 0. The summed E-state index contributed by atoms with van der Waals surface area (Å²) in [6.07, 6.45) is 9.90. The molecule has 4 heteroatoms. The normalized spacial score (nSPS) is 16.2. The van der Waals surface area contributed by atoms with Crippen LogP contribution in [0.25, 0.3) is 56.7 Å². The molecule has 6 aromatic rings. The van der Waals surface area contributed by atoms with Crippen molar-refractivity contribution in [3.05, 3.63) is 177 Å². The maximum Gasteiger partial charge on any atom is -0.147 e. The van der Waals surface area contributed by atoms with E-state index in [1.807, 2.05) is 0 Å². The van der Waals surface area contributed by atoms with Crippen LogP contribution in [0.15, 0.2) is 132 Å². The van der Waals surface area contributed by atoms with Crippen LogP contribution in [0.2, 0.25) is 9.26 Å². The van der Waals surface area contributed by atoms with Gasteiger partial charge in [0.15, 0.2) is 0 Å². The van der Waals surface area contributed by atoms with E-state index in [1.54, 1.807) is 22.3 Å². The molecule has 0 N–H and O–H groups in total. The van der Waals surface area contributed by atoms with Crippen molar-refractivity contribution in [2.45, 2.75) is 161 Å². The predicted molar refractivity (Wildman–Crippen MR) is 315 cm³/mol. The molecule has 0 saturated heterocycles. The quantitative estimate of drug-likeness (QED) is 0.120. The smallest absolute Gasteiger partial charge is 0.147 e. The second-order valence-electron chi connectivity index (χ2n) is 26.0. The van der Waals surface area contributed by atoms with Gasteiger partial charge in [0, 0.05) is 0 Å². The van der Waals surface area contributed by atoms with Crippen LogP contribution >= 0.6 is 24.8 Å². The molecule has 0 aliphatic heterocycles. The first-order valence-corrected chi connectivity index (χ1v) is 39.6. The summed E-state index contributed by atoms with van der Waals surface area (Å²) in [6, 6.07) is 48.3. The Labute approximate surface area is 440 Å². The van der Waals surface area contributed by atoms with Gasteiger partial charge in [0.25, 0.3) is 0 Å². The van der Waals surface area contributed by atoms with E-state index in [1.165, 1.54) is 77.9 Å². The second-order valence-corrected chi connectivity index (χ2v) is 56.5. The van der Waals surface area contributed by atoms with Crippen LogP contribution in [0.1, 0.15) is 174 Å². The van der Waals surface area contributed by atoms with Gasteiger partial charge in [0.2, 0.25) is 0 Å². The van der Waals surface area contributed by atoms with Crippen LogP contribution in [-0.4, -0.2) is 6.88 Å². The molecule has 0 fully saturated rings. The molecule has 0 saturated carbocycles. The van der Waals surface area contributed by atoms with E-state index in [9.17, 15) is 0 Å². The van der Waals surface area contributed by atoms with Gasteiger partial charge in [-0.15, -0.1) is 24.8 Å². The minimum atomic E-state index is -4.25. The van der Waals surface area contributed by atoms with Crippen LogP contribution in [0.3, 0.4) is 0 Å². The fraction of sp³-hybridized carbons (Fsp3) is 0.394. The van der Waals surface area contributed by atoms with E-state index in [0.29, 0.717) is 7.25 Å². The predicted octanol–water partition coefficient (Wildman–Crippen LogP) is 19.9. The molecule has 2 aliphatic carbocycles. The maximum atomic E-state index is 2.88. The minimum Gasteiger partial charge on any atom is -0.147 e. The standard InChI is InChI=1S/2C32H37.2CH3.2ClH.H2Si.Zr/c2*1-8-9-22-20-29-27(23-10-14-25(15-11-23)31(2,3)4)18-19-28(30(29)21-22)24-12-16-26(17-13-24)32(5,6)7;;;;;;/h2*10-21H,8-9H2,1-7H3;2*1H3;2*1H;1H2;. The Morgan fingerprint density at radius 2 is 0.600 bits per heavy atom. The zero-order valence-electron chi connectivity index (χ0n) is 45.7. The maximum absolute atomic E-state index is 4.25. The molecule has 8 rings (SSSR count). The topological polar surface area (TPSA) is 0 Å². The molecule has 70 heavy (non-hydrogen) atoms. The molecule has 0 bridgehead atoms. The number of rotatable bonds is 10. The summed E-state index contributed by atoms with van der Waals surface area (Å²) in [5.74, 6) is 0. The largest absolute Gasteiger partial charge is 0.147 e. The Kier molecular flexibility index (Phi) is 16.0. The zero-order valence-corrected chi connectivity index (χ0v) is 51.2. The first-order chi connectivity index (χ1) is 31.7. The van der Waals surface area contributed by atoms with E-state index >= 15 is 0 Å². The first kappa shape index (κ1) is 55.8. The van der Waals surface area contributed by atoms with E-state index in [0.717, 1.165) is 25.7 Å². The summed E-state index contributed by atoms with van der Waals surface area (Å²) < 4.78 is 6.50. The van der Waals surface area contributed by atoms with Gasteiger partial charge in [-0.1, -0.05) is 0 Å². The number of benzene rings is 6. The van der Waals surface area contributed by atoms with Crippen molar-refractivity contribution in [3.8, 4) is 44.5 Å². The molecule has 0 amide bonds.